The van der Waals surface area contributed by atoms with Gasteiger partial charge in [-0.2, -0.15) is 5.26 Å². The molecule has 0 atom stereocenters. The molecule has 0 aliphatic rings. The average Bonchev–Trinajstić information content (AvgIpc) is 2.40. The third-order valence-electron chi connectivity index (χ3n) is 1.47. The Morgan fingerprint density at radius 1 is 1.11 bits per heavy atom. The molecule has 0 aromatic heterocycles. The second-order valence-corrected chi connectivity index (χ2v) is 2.93. The number of carboxylic acids is 2. The molecule has 0 saturated carbocycles. The van der Waals surface area contributed by atoms with E-state index in [1.165, 1.54) is 30.3 Å². The van der Waals surface area contributed by atoms with Crippen LogP contribution in [-0.2, 0) is 0 Å². The third kappa shape index (κ3) is 10.0. The van der Waals surface area contributed by atoms with Gasteiger partial charge < -0.3 is 10.2 Å². The standard InChI is InChI=1S/C8H6O4.C3H3N.C3H6/c9-7(10)5-1-2-6(4-3-5)8(11)12;1-2-3-4;1-3-2/h1-4H,(H,9,10)(H,11,12);2H,1H2;3H,1H2,2H3. The molecule has 0 bridgehead atoms. The van der Waals surface area contributed by atoms with Crippen molar-refractivity contribution >= 4 is 11.9 Å². The van der Waals surface area contributed by atoms with E-state index in [4.69, 9.17) is 15.5 Å². The van der Waals surface area contributed by atoms with Crippen LogP contribution in [0.1, 0.15) is 27.6 Å². The summed E-state index contributed by atoms with van der Waals surface area (Å²) in [7, 11) is 0. The van der Waals surface area contributed by atoms with Crippen LogP contribution in [0.3, 0.4) is 0 Å². The van der Waals surface area contributed by atoms with Crippen molar-refractivity contribution in [2.24, 2.45) is 0 Å². The molecular formula is C14H15NO4. The fourth-order valence-corrected chi connectivity index (χ4v) is 0.755. The van der Waals surface area contributed by atoms with Gasteiger partial charge >= 0.3 is 11.9 Å². The fraction of sp³-hybridized carbons (Fsp3) is 0.0714. The Bertz CT molecular complexity index is 436. The molecule has 0 fully saturated rings. The molecule has 100 valence electrons. The predicted octanol–water partition coefficient (Wildman–Crippen LogP) is 2.97. The summed E-state index contributed by atoms with van der Waals surface area (Å²) in [6, 6.07) is 6.72. The number of benzene rings is 1. The first-order valence-corrected chi connectivity index (χ1v) is 5.08. The highest BCUT2D eigenvalue weighted by Gasteiger charge is 2.04. The third-order valence-corrected chi connectivity index (χ3v) is 1.47. The van der Waals surface area contributed by atoms with Crippen molar-refractivity contribution in [2.75, 3.05) is 0 Å². The molecule has 0 radical (unpaired) electrons. The van der Waals surface area contributed by atoms with Gasteiger partial charge in [0, 0.05) is 6.08 Å². The van der Waals surface area contributed by atoms with E-state index in [-0.39, 0.29) is 11.1 Å². The Kier molecular flexibility index (Phi) is 11.3. The van der Waals surface area contributed by atoms with Crippen LogP contribution < -0.4 is 0 Å². The van der Waals surface area contributed by atoms with Crippen LogP contribution in [0.4, 0.5) is 0 Å². The lowest BCUT2D eigenvalue weighted by atomic mass is 10.1. The van der Waals surface area contributed by atoms with Crippen molar-refractivity contribution in [3.63, 3.8) is 0 Å². The average molecular weight is 261 g/mol. The minimum absolute atomic E-state index is 0.0833. The van der Waals surface area contributed by atoms with Crippen LogP contribution in [0.2, 0.25) is 0 Å². The van der Waals surface area contributed by atoms with E-state index in [1.807, 2.05) is 6.92 Å². The second kappa shape index (κ2) is 11.6. The summed E-state index contributed by atoms with van der Waals surface area (Å²) >= 11 is 0. The van der Waals surface area contributed by atoms with Crippen LogP contribution >= 0.6 is 0 Å². The number of aromatic carboxylic acids is 2. The predicted molar refractivity (Wildman–Crippen MR) is 72.0 cm³/mol. The van der Waals surface area contributed by atoms with Crippen LogP contribution in [0, 0.1) is 11.3 Å². The smallest absolute Gasteiger partial charge is 0.335 e. The Morgan fingerprint density at radius 2 is 1.32 bits per heavy atom. The second-order valence-electron chi connectivity index (χ2n) is 2.93. The zero-order valence-corrected chi connectivity index (χ0v) is 10.5. The van der Waals surface area contributed by atoms with Gasteiger partial charge in [0.25, 0.3) is 0 Å². The van der Waals surface area contributed by atoms with E-state index in [2.05, 4.69) is 13.2 Å². The Hall–Kier alpha value is -2.87. The van der Waals surface area contributed by atoms with Crippen LogP contribution in [0.15, 0.2) is 49.6 Å². The minimum Gasteiger partial charge on any atom is -0.478 e. The number of hydrogen-bond donors (Lipinski definition) is 2. The maximum atomic E-state index is 10.3. The van der Waals surface area contributed by atoms with Gasteiger partial charge in [-0.25, -0.2) is 9.59 Å². The Balaban J connectivity index is 0. The normalized spacial score (nSPS) is 7.37. The van der Waals surface area contributed by atoms with Crippen molar-refractivity contribution < 1.29 is 19.8 Å². The molecule has 5 heteroatoms. The molecule has 2 N–H and O–H groups in total. The molecule has 19 heavy (non-hydrogen) atoms. The summed E-state index contributed by atoms with van der Waals surface area (Å²) in [5.41, 5.74) is 0.167. The first kappa shape index (κ1) is 18.5. The SMILES string of the molecule is C=CC.C=CC#N.O=C(O)c1ccc(C(=O)O)cc1. The van der Waals surface area contributed by atoms with E-state index in [1.54, 1.807) is 12.1 Å². The molecule has 0 unspecified atom stereocenters. The van der Waals surface area contributed by atoms with Crippen molar-refractivity contribution in [3.8, 4) is 6.07 Å². The van der Waals surface area contributed by atoms with Gasteiger partial charge in [0.1, 0.15) is 0 Å². The molecule has 0 aliphatic heterocycles. The van der Waals surface area contributed by atoms with Gasteiger partial charge in [-0.05, 0) is 31.2 Å². The minimum atomic E-state index is -1.06. The maximum Gasteiger partial charge on any atom is 0.335 e. The number of nitrogens with zero attached hydrogens (tertiary/aromatic N) is 1. The van der Waals surface area contributed by atoms with Gasteiger partial charge in [-0.3, -0.25) is 0 Å². The maximum absolute atomic E-state index is 10.3. The lowest BCUT2D eigenvalue weighted by Gasteiger charge is -1.94. The summed E-state index contributed by atoms with van der Waals surface area (Å²) in [5.74, 6) is -2.13. The Labute approximate surface area is 111 Å². The summed E-state index contributed by atoms with van der Waals surface area (Å²) in [6.07, 6.45) is 2.93. The topological polar surface area (TPSA) is 98.4 Å². The molecule has 0 amide bonds. The van der Waals surface area contributed by atoms with E-state index in [9.17, 15) is 9.59 Å². The van der Waals surface area contributed by atoms with Gasteiger partial charge in [-0.15, -0.1) is 6.58 Å². The first-order chi connectivity index (χ1) is 8.94. The summed E-state index contributed by atoms with van der Waals surface area (Å²) in [5, 5.41) is 24.4. The quantitative estimate of drug-likeness (QED) is 0.629. The monoisotopic (exact) mass is 261 g/mol. The molecule has 1 rings (SSSR count). The fourth-order valence-electron chi connectivity index (χ4n) is 0.755. The van der Waals surface area contributed by atoms with Gasteiger partial charge in [-0.1, -0.05) is 12.7 Å². The molecule has 0 aliphatic carbocycles. The molecule has 1 aromatic rings. The summed E-state index contributed by atoms with van der Waals surface area (Å²) in [6.45, 7) is 8.37. The highest BCUT2D eigenvalue weighted by Crippen LogP contribution is 2.03. The lowest BCUT2D eigenvalue weighted by Crippen LogP contribution is -1.99. The van der Waals surface area contributed by atoms with Gasteiger partial charge in [0.2, 0.25) is 0 Å². The zero-order valence-electron chi connectivity index (χ0n) is 10.5. The van der Waals surface area contributed by atoms with Crippen molar-refractivity contribution in [2.45, 2.75) is 6.92 Å². The largest absolute Gasteiger partial charge is 0.478 e. The van der Waals surface area contributed by atoms with E-state index < -0.39 is 11.9 Å². The van der Waals surface area contributed by atoms with E-state index >= 15 is 0 Å². The lowest BCUT2D eigenvalue weighted by molar-refractivity contribution is 0.0681. The van der Waals surface area contributed by atoms with E-state index in [0.717, 1.165) is 0 Å². The molecule has 5 nitrogen and oxygen atoms in total. The van der Waals surface area contributed by atoms with Crippen molar-refractivity contribution in [3.05, 3.63) is 60.7 Å². The zero-order chi connectivity index (χ0) is 15.3. The molecule has 1 aromatic carbocycles. The number of allylic oxidation sites excluding steroid dienone is 2. The number of nitriles is 1. The molecule has 0 saturated heterocycles. The van der Waals surface area contributed by atoms with Crippen molar-refractivity contribution in [1.29, 1.82) is 5.26 Å². The molecule has 0 heterocycles. The van der Waals surface area contributed by atoms with Crippen LogP contribution in [0.25, 0.3) is 0 Å². The Morgan fingerprint density at radius 3 is 1.42 bits per heavy atom. The summed E-state index contributed by atoms with van der Waals surface area (Å²) < 4.78 is 0. The number of carbonyl (C=O) groups is 2. The van der Waals surface area contributed by atoms with Crippen molar-refractivity contribution in [1.82, 2.24) is 0 Å². The number of rotatable bonds is 2. The van der Waals surface area contributed by atoms with Gasteiger partial charge in [0.15, 0.2) is 0 Å². The molecule has 0 spiro atoms. The number of hydrogen-bond acceptors (Lipinski definition) is 3. The highest BCUT2D eigenvalue weighted by atomic mass is 16.4. The highest BCUT2D eigenvalue weighted by molar-refractivity contribution is 5.91. The van der Waals surface area contributed by atoms with E-state index in [0.29, 0.717) is 0 Å². The first-order valence-electron chi connectivity index (χ1n) is 5.08. The van der Waals surface area contributed by atoms with Crippen LogP contribution in [-0.4, -0.2) is 22.2 Å². The number of carboxylic acid groups (broad SMARTS) is 2. The molecular weight excluding hydrogens is 246 g/mol. The van der Waals surface area contributed by atoms with Gasteiger partial charge in [0.05, 0.1) is 17.2 Å². The summed E-state index contributed by atoms with van der Waals surface area (Å²) in [4.78, 5) is 20.7. The van der Waals surface area contributed by atoms with Crippen LogP contribution in [0.5, 0.6) is 0 Å².